The van der Waals surface area contributed by atoms with Gasteiger partial charge < -0.3 is 5.11 Å². The summed E-state index contributed by atoms with van der Waals surface area (Å²) in [6.45, 7) is 0. The number of rotatable bonds is 3. The second-order valence-electron chi connectivity index (χ2n) is 1.56. The molecule has 0 rings (SSSR count). The third kappa shape index (κ3) is 8.22. The van der Waals surface area contributed by atoms with E-state index in [1.54, 1.807) is 0 Å². The molecule has 9 heavy (non-hydrogen) atoms. The molecule has 0 fully saturated rings. The van der Waals surface area contributed by atoms with Crippen molar-refractivity contribution in [3.8, 4) is 0 Å². The van der Waals surface area contributed by atoms with Crippen LogP contribution in [0.2, 0.25) is 0 Å². The van der Waals surface area contributed by atoms with Gasteiger partial charge in [0.15, 0.2) is 0 Å². The highest BCUT2D eigenvalue weighted by atomic mass is 32.2. The van der Waals surface area contributed by atoms with E-state index < -0.39 is 21.3 Å². The fourth-order valence-corrected chi connectivity index (χ4v) is 1.08. The Morgan fingerprint density at radius 2 is 2.00 bits per heavy atom. The van der Waals surface area contributed by atoms with Crippen molar-refractivity contribution in [2.24, 2.45) is 0 Å². The maximum Gasteiger partial charge on any atom is 0.264 e. The topological polar surface area (TPSA) is 74.6 Å². The summed E-state index contributed by atoms with van der Waals surface area (Å²) in [5.41, 5.74) is -0.980. The van der Waals surface area contributed by atoms with Crippen molar-refractivity contribution in [2.45, 2.75) is 11.9 Å². The first-order chi connectivity index (χ1) is 3.92. The third-order valence-corrected chi connectivity index (χ3v) is 1.64. The van der Waals surface area contributed by atoms with Gasteiger partial charge in [0.25, 0.3) is 10.1 Å². The Morgan fingerprint density at radius 1 is 1.56 bits per heavy atom. The Bertz CT molecular complexity index is 159. The van der Waals surface area contributed by atoms with Crippen LogP contribution in [0.15, 0.2) is 0 Å². The number of thiol groups is 1. The van der Waals surface area contributed by atoms with E-state index in [9.17, 15) is 8.42 Å². The van der Waals surface area contributed by atoms with E-state index in [0.29, 0.717) is 0 Å². The van der Waals surface area contributed by atoms with Crippen LogP contribution in [0.4, 0.5) is 0 Å². The summed E-state index contributed by atoms with van der Waals surface area (Å²) in [6, 6.07) is 0. The standard InChI is InChI=1S/C3H8O4S2/c4-3(8)1-2-9(5,6)7/h3-4,8H,1-2H2,(H,5,6,7). The highest BCUT2D eigenvalue weighted by Crippen LogP contribution is 1.97. The molecule has 0 bridgehead atoms. The summed E-state index contributed by atoms with van der Waals surface area (Å²) in [6.07, 6.45) is -0.0536. The lowest BCUT2D eigenvalue weighted by molar-refractivity contribution is 0.261. The van der Waals surface area contributed by atoms with Gasteiger partial charge in [-0.3, -0.25) is 4.55 Å². The van der Waals surface area contributed by atoms with Crippen molar-refractivity contribution in [1.82, 2.24) is 0 Å². The zero-order valence-electron chi connectivity index (χ0n) is 4.56. The molecule has 0 aliphatic carbocycles. The summed E-state index contributed by atoms with van der Waals surface area (Å²) >= 11 is 3.49. The molecule has 2 N–H and O–H groups in total. The van der Waals surface area contributed by atoms with Crippen LogP contribution in [0, 0.1) is 0 Å². The van der Waals surface area contributed by atoms with Gasteiger partial charge in [0.05, 0.1) is 11.2 Å². The lowest BCUT2D eigenvalue weighted by atomic mass is 10.5. The van der Waals surface area contributed by atoms with Crippen molar-refractivity contribution < 1.29 is 18.1 Å². The molecule has 0 saturated heterocycles. The molecule has 0 radical (unpaired) electrons. The zero-order chi connectivity index (χ0) is 7.49. The predicted molar refractivity (Wildman–Crippen MR) is 36.0 cm³/mol. The molecule has 0 heterocycles. The highest BCUT2D eigenvalue weighted by Gasteiger charge is 2.06. The number of hydrogen-bond acceptors (Lipinski definition) is 4. The van der Waals surface area contributed by atoms with Gasteiger partial charge in [0, 0.05) is 0 Å². The van der Waals surface area contributed by atoms with Crippen molar-refractivity contribution >= 4 is 22.7 Å². The van der Waals surface area contributed by atoms with E-state index in [0.717, 1.165) is 0 Å². The normalized spacial score (nSPS) is 15.4. The molecule has 1 unspecified atom stereocenters. The minimum atomic E-state index is -3.93. The van der Waals surface area contributed by atoms with Gasteiger partial charge in [-0.05, 0) is 6.42 Å². The van der Waals surface area contributed by atoms with Gasteiger partial charge in [-0.1, -0.05) is 0 Å². The Morgan fingerprint density at radius 3 is 2.11 bits per heavy atom. The minimum absolute atomic E-state index is 0.0536. The lowest BCUT2D eigenvalue weighted by Crippen LogP contribution is -2.09. The van der Waals surface area contributed by atoms with Crippen LogP contribution in [0.1, 0.15) is 6.42 Å². The SMILES string of the molecule is O=S(=O)(O)CCC(O)S. The van der Waals surface area contributed by atoms with Crippen molar-refractivity contribution in [3.63, 3.8) is 0 Å². The van der Waals surface area contributed by atoms with Crippen molar-refractivity contribution in [2.75, 3.05) is 5.75 Å². The van der Waals surface area contributed by atoms with Gasteiger partial charge in [-0.25, -0.2) is 0 Å². The molecule has 0 amide bonds. The molecule has 0 saturated carbocycles. The quantitative estimate of drug-likeness (QED) is 0.305. The van der Waals surface area contributed by atoms with E-state index in [2.05, 4.69) is 12.6 Å². The van der Waals surface area contributed by atoms with Gasteiger partial charge in [0.1, 0.15) is 0 Å². The van der Waals surface area contributed by atoms with Crippen LogP contribution >= 0.6 is 12.6 Å². The molecule has 0 aliphatic heterocycles. The van der Waals surface area contributed by atoms with Gasteiger partial charge in [-0.15, -0.1) is 12.6 Å². The molecule has 0 aliphatic rings. The van der Waals surface area contributed by atoms with Crippen molar-refractivity contribution in [1.29, 1.82) is 0 Å². The largest absolute Gasteiger partial charge is 0.383 e. The molecular formula is C3H8O4S2. The van der Waals surface area contributed by atoms with Gasteiger partial charge >= 0.3 is 0 Å². The summed E-state index contributed by atoms with van der Waals surface area (Å²) in [4.78, 5) is 0. The number of aliphatic hydroxyl groups excluding tert-OH is 1. The van der Waals surface area contributed by atoms with E-state index in [-0.39, 0.29) is 6.42 Å². The number of hydrogen-bond donors (Lipinski definition) is 3. The summed E-state index contributed by atoms with van der Waals surface area (Å²) in [5, 5.41) is 8.40. The van der Waals surface area contributed by atoms with E-state index in [4.69, 9.17) is 9.66 Å². The first kappa shape index (κ1) is 9.22. The van der Waals surface area contributed by atoms with Crippen molar-refractivity contribution in [3.05, 3.63) is 0 Å². The summed E-state index contributed by atoms with van der Waals surface area (Å²) in [5.74, 6) is -0.447. The maximum absolute atomic E-state index is 9.95. The minimum Gasteiger partial charge on any atom is -0.383 e. The number of aliphatic hydroxyl groups is 1. The zero-order valence-corrected chi connectivity index (χ0v) is 6.27. The Labute approximate surface area is 59.0 Å². The van der Waals surface area contributed by atoms with E-state index in [1.807, 2.05) is 0 Å². The van der Waals surface area contributed by atoms with Crippen LogP contribution < -0.4 is 0 Å². The lowest BCUT2D eigenvalue weighted by Gasteiger charge is -1.98. The second kappa shape index (κ2) is 3.40. The fraction of sp³-hybridized carbons (Fsp3) is 1.00. The molecule has 56 valence electrons. The first-order valence-corrected chi connectivity index (χ1v) is 4.35. The summed E-state index contributed by atoms with van der Waals surface area (Å²) in [7, 11) is -3.93. The summed E-state index contributed by atoms with van der Waals surface area (Å²) < 4.78 is 28.0. The average Bonchev–Trinajstić information content (AvgIpc) is 1.59. The van der Waals surface area contributed by atoms with E-state index in [1.165, 1.54) is 0 Å². The molecule has 1 atom stereocenters. The molecular weight excluding hydrogens is 164 g/mol. The molecule has 4 nitrogen and oxygen atoms in total. The second-order valence-corrected chi connectivity index (χ2v) is 3.72. The average molecular weight is 172 g/mol. The monoisotopic (exact) mass is 172 g/mol. The molecule has 0 spiro atoms. The molecule has 0 aromatic rings. The van der Waals surface area contributed by atoms with Crippen LogP contribution in [0.3, 0.4) is 0 Å². The van der Waals surface area contributed by atoms with Gasteiger partial charge in [-0.2, -0.15) is 8.42 Å². The predicted octanol–water partition coefficient (Wildman–Crippen LogP) is -0.488. The van der Waals surface area contributed by atoms with E-state index >= 15 is 0 Å². The Balaban J connectivity index is 3.53. The highest BCUT2D eigenvalue weighted by molar-refractivity contribution is 7.85. The molecule has 0 aromatic carbocycles. The van der Waals surface area contributed by atoms with Crippen LogP contribution in [0.5, 0.6) is 0 Å². The van der Waals surface area contributed by atoms with Gasteiger partial charge in [0.2, 0.25) is 0 Å². The Kier molecular flexibility index (Phi) is 3.49. The fourth-order valence-electron chi connectivity index (χ4n) is 0.254. The van der Waals surface area contributed by atoms with Crippen LogP contribution in [-0.4, -0.2) is 29.3 Å². The first-order valence-electron chi connectivity index (χ1n) is 2.23. The van der Waals surface area contributed by atoms with Crippen LogP contribution in [0.25, 0.3) is 0 Å². The van der Waals surface area contributed by atoms with Crippen LogP contribution in [-0.2, 0) is 10.1 Å². The smallest absolute Gasteiger partial charge is 0.264 e. The Hall–Kier alpha value is 0.220. The maximum atomic E-state index is 9.95. The molecule has 6 heteroatoms. The molecule has 0 aromatic heterocycles. The third-order valence-electron chi connectivity index (χ3n) is 0.634.